The molecule has 47 heavy (non-hydrogen) atoms. The van der Waals surface area contributed by atoms with E-state index in [1.807, 2.05) is 86.6 Å². The summed E-state index contributed by atoms with van der Waals surface area (Å²) in [6.07, 6.45) is 2.12. The fraction of sp³-hybridized carbons (Fsp3) is 0.343. The Morgan fingerprint density at radius 1 is 0.851 bits per heavy atom. The first kappa shape index (κ1) is 34.6. The number of aliphatic hydroxyl groups excluding tert-OH is 1. The van der Waals surface area contributed by atoms with Gasteiger partial charge in [0.1, 0.15) is 18.7 Å². The van der Waals surface area contributed by atoms with Gasteiger partial charge in [-0.15, -0.1) is 0 Å². The minimum absolute atomic E-state index is 0.00231. The number of hydroxylamine groups is 1. The average molecular weight is 644 g/mol. The minimum atomic E-state index is -1.22. The molecule has 3 atom stereocenters. The fourth-order valence-electron chi connectivity index (χ4n) is 4.94. The minimum Gasteiger partial charge on any atom is -0.445 e. The van der Waals surface area contributed by atoms with Gasteiger partial charge in [-0.25, -0.2) is 14.6 Å². The van der Waals surface area contributed by atoms with Crippen molar-refractivity contribution in [2.24, 2.45) is 5.92 Å². The molecule has 0 bridgehead atoms. The normalized spacial score (nSPS) is 12.9. The van der Waals surface area contributed by atoms with Gasteiger partial charge < -0.3 is 30.3 Å². The lowest BCUT2D eigenvalue weighted by atomic mass is 9.98. The lowest BCUT2D eigenvalue weighted by Crippen LogP contribution is -2.55. The molecule has 0 aliphatic rings. The second-order valence-electron chi connectivity index (χ2n) is 11.7. The van der Waals surface area contributed by atoms with Gasteiger partial charge in [-0.3, -0.25) is 9.59 Å². The summed E-state index contributed by atoms with van der Waals surface area (Å²) in [5.41, 5.74) is 4.20. The van der Waals surface area contributed by atoms with Crippen LogP contribution in [-0.4, -0.2) is 57.1 Å². The molecule has 0 saturated carbocycles. The number of aromatic nitrogens is 2. The number of ether oxygens (including phenoxy) is 1. The number of rotatable bonds is 15. The molecule has 4 aromatic rings. The second-order valence-corrected chi connectivity index (χ2v) is 11.7. The Morgan fingerprint density at radius 3 is 2.32 bits per heavy atom. The first-order valence-corrected chi connectivity index (χ1v) is 15.6. The molecule has 12 nitrogen and oxygen atoms in total. The Morgan fingerprint density at radius 2 is 1.57 bits per heavy atom. The van der Waals surface area contributed by atoms with Gasteiger partial charge in [0.25, 0.3) is 5.91 Å². The van der Waals surface area contributed by atoms with Crippen molar-refractivity contribution in [2.45, 2.75) is 70.7 Å². The highest BCUT2D eigenvalue weighted by atomic mass is 16.7. The van der Waals surface area contributed by atoms with Gasteiger partial charge in [0.2, 0.25) is 5.91 Å². The highest BCUT2D eigenvalue weighted by molar-refractivity contribution is 5.93. The Kier molecular flexibility index (Phi) is 12.9. The number of H-pyrrole nitrogens is 1. The number of carbonyl (C=O) groups excluding carboxylic acids is 4. The SMILES string of the molecule is CC(C)CC[C@H](O)CC(=O)ONC(=O)C(Cc1cnc[nH]1)NC(=O)[C@@H](Cc1cccc2ccccc12)NC(=O)OCc1ccccc1. The maximum atomic E-state index is 13.8. The van der Waals surface area contributed by atoms with E-state index >= 15 is 0 Å². The summed E-state index contributed by atoms with van der Waals surface area (Å²) in [5, 5.41) is 17.3. The van der Waals surface area contributed by atoms with E-state index in [0.717, 1.165) is 28.3 Å². The number of imidazole rings is 1. The van der Waals surface area contributed by atoms with Crippen LogP contribution in [0.5, 0.6) is 0 Å². The molecule has 3 aromatic carbocycles. The number of hydrogen-bond donors (Lipinski definition) is 5. The number of aliphatic hydroxyl groups is 1. The summed E-state index contributed by atoms with van der Waals surface area (Å²) < 4.78 is 5.40. The number of amides is 3. The van der Waals surface area contributed by atoms with Crippen molar-refractivity contribution in [3.63, 3.8) is 0 Å². The quantitative estimate of drug-likeness (QED) is 0.121. The third kappa shape index (κ3) is 11.3. The Hall–Kier alpha value is -5.23. The maximum Gasteiger partial charge on any atom is 0.408 e. The molecule has 0 radical (unpaired) electrons. The number of nitrogens with zero attached hydrogens (tertiary/aromatic N) is 1. The Labute approximate surface area is 273 Å². The zero-order valence-electron chi connectivity index (χ0n) is 26.5. The monoisotopic (exact) mass is 643 g/mol. The summed E-state index contributed by atoms with van der Waals surface area (Å²) >= 11 is 0. The Balaban J connectivity index is 1.48. The average Bonchev–Trinajstić information content (AvgIpc) is 3.58. The van der Waals surface area contributed by atoms with E-state index in [2.05, 4.69) is 26.1 Å². The van der Waals surface area contributed by atoms with Crippen molar-refractivity contribution >= 4 is 34.6 Å². The zero-order valence-corrected chi connectivity index (χ0v) is 26.5. The third-order valence-corrected chi connectivity index (χ3v) is 7.48. The number of benzene rings is 3. The van der Waals surface area contributed by atoms with Crippen molar-refractivity contribution in [1.82, 2.24) is 26.1 Å². The lowest BCUT2D eigenvalue weighted by Gasteiger charge is -2.23. The van der Waals surface area contributed by atoms with Gasteiger partial charge in [-0.05, 0) is 40.7 Å². The predicted octanol–water partition coefficient (Wildman–Crippen LogP) is 3.89. The predicted molar refractivity (Wildman–Crippen MR) is 174 cm³/mol. The van der Waals surface area contributed by atoms with Crippen molar-refractivity contribution < 1.29 is 33.9 Å². The molecule has 0 aliphatic heterocycles. The first-order chi connectivity index (χ1) is 22.7. The number of aromatic amines is 1. The van der Waals surface area contributed by atoms with E-state index < -0.39 is 42.1 Å². The van der Waals surface area contributed by atoms with Crippen LogP contribution >= 0.6 is 0 Å². The molecular formula is C35H41N5O7. The fourth-order valence-corrected chi connectivity index (χ4v) is 4.94. The molecule has 1 aromatic heterocycles. The topological polar surface area (TPSA) is 172 Å². The molecule has 0 saturated heterocycles. The highest BCUT2D eigenvalue weighted by Gasteiger charge is 2.29. The van der Waals surface area contributed by atoms with Crippen molar-refractivity contribution in [3.05, 3.63) is 102 Å². The van der Waals surface area contributed by atoms with Crippen LogP contribution in [0.3, 0.4) is 0 Å². The number of alkyl carbamates (subject to hydrolysis) is 1. The first-order valence-electron chi connectivity index (χ1n) is 15.6. The Bertz CT molecular complexity index is 1610. The highest BCUT2D eigenvalue weighted by Crippen LogP contribution is 2.20. The molecule has 0 fully saturated rings. The molecule has 0 spiro atoms. The molecule has 5 N–H and O–H groups in total. The smallest absolute Gasteiger partial charge is 0.408 e. The van der Waals surface area contributed by atoms with Gasteiger partial charge >= 0.3 is 12.1 Å². The summed E-state index contributed by atoms with van der Waals surface area (Å²) in [7, 11) is 0. The van der Waals surface area contributed by atoms with Crippen LogP contribution in [0.4, 0.5) is 4.79 Å². The maximum absolute atomic E-state index is 13.8. The van der Waals surface area contributed by atoms with Crippen LogP contribution in [-0.2, 0) is 43.4 Å². The van der Waals surface area contributed by atoms with Gasteiger partial charge in [0.15, 0.2) is 0 Å². The van der Waals surface area contributed by atoms with E-state index in [9.17, 15) is 24.3 Å². The summed E-state index contributed by atoms with van der Waals surface area (Å²) in [6, 6.07) is 20.1. The number of fused-ring (bicyclic) bond motifs is 1. The van der Waals surface area contributed by atoms with E-state index in [4.69, 9.17) is 9.57 Å². The number of nitrogens with one attached hydrogen (secondary N) is 4. The van der Waals surface area contributed by atoms with Crippen molar-refractivity contribution in [3.8, 4) is 0 Å². The van der Waals surface area contributed by atoms with Gasteiger partial charge in [-0.1, -0.05) is 86.6 Å². The molecule has 3 amide bonds. The summed E-state index contributed by atoms with van der Waals surface area (Å²) in [4.78, 5) is 64.1. The van der Waals surface area contributed by atoms with Gasteiger partial charge in [0, 0.05) is 24.7 Å². The molecular weight excluding hydrogens is 602 g/mol. The van der Waals surface area contributed by atoms with Crippen LogP contribution in [0.2, 0.25) is 0 Å². The summed E-state index contributed by atoms with van der Waals surface area (Å²) in [5.74, 6) is -1.94. The van der Waals surface area contributed by atoms with E-state index in [0.29, 0.717) is 18.0 Å². The lowest BCUT2D eigenvalue weighted by molar-refractivity contribution is -0.161. The van der Waals surface area contributed by atoms with Crippen LogP contribution in [0.1, 0.15) is 49.9 Å². The van der Waals surface area contributed by atoms with E-state index in [1.54, 1.807) is 0 Å². The molecule has 248 valence electrons. The van der Waals surface area contributed by atoms with E-state index in [-0.39, 0.29) is 25.9 Å². The second kappa shape index (κ2) is 17.5. The molecule has 0 aliphatic carbocycles. The zero-order chi connectivity index (χ0) is 33.6. The van der Waals surface area contributed by atoms with Crippen LogP contribution in [0.25, 0.3) is 10.8 Å². The number of hydrogen-bond acceptors (Lipinski definition) is 8. The van der Waals surface area contributed by atoms with Crippen LogP contribution in [0, 0.1) is 5.92 Å². The molecule has 1 heterocycles. The van der Waals surface area contributed by atoms with Crippen molar-refractivity contribution in [1.29, 1.82) is 0 Å². The van der Waals surface area contributed by atoms with Crippen LogP contribution < -0.4 is 16.1 Å². The van der Waals surface area contributed by atoms with E-state index in [1.165, 1.54) is 12.5 Å². The molecule has 12 heteroatoms. The van der Waals surface area contributed by atoms with Gasteiger partial charge in [-0.2, -0.15) is 5.48 Å². The van der Waals surface area contributed by atoms with Gasteiger partial charge in [0.05, 0.1) is 18.9 Å². The summed E-state index contributed by atoms with van der Waals surface area (Å²) in [6.45, 7) is 4.02. The third-order valence-electron chi connectivity index (χ3n) is 7.48. The molecule has 4 rings (SSSR count). The standard InChI is InChI=1S/C35H41N5O7/c1-23(2)15-16-28(41)19-32(42)47-40-34(44)31(18-27-20-36-22-37-27)38-33(43)30(39-35(45)46-21-24-9-4-3-5-10-24)17-26-13-8-12-25-11-6-7-14-29(25)26/h3-14,20,22-23,28,30-31,41H,15-19,21H2,1-2H3,(H,36,37)(H,38,43)(H,39,45)(H,40,44)/t28-,30+,31?/m0/s1. The molecule has 1 unspecified atom stereocenters. The largest absolute Gasteiger partial charge is 0.445 e. The number of carbonyl (C=O) groups is 4. The van der Waals surface area contributed by atoms with Crippen LogP contribution in [0.15, 0.2) is 85.3 Å². The van der Waals surface area contributed by atoms with Crippen molar-refractivity contribution in [2.75, 3.05) is 0 Å².